The number of methoxy groups -OCH3 is 1. The highest BCUT2D eigenvalue weighted by Crippen LogP contribution is 2.28. The van der Waals surface area contributed by atoms with Gasteiger partial charge in [0.15, 0.2) is 5.89 Å². The van der Waals surface area contributed by atoms with Crippen LogP contribution >= 0.6 is 0 Å². The minimum atomic E-state index is -0.0460. The van der Waals surface area contributed by atoms with Gasteiger partial charge in [0.1, 0.15) is 17.8 Å². The molecule has 144 valence electrons. The number of amides is 1. The largest absolute Gasteiger partial charge is 0.497 e. The number of benzene rings is 1. The molecular formula is C21H22N4O3. The quantitative estimate of drug-likeness (QED) is 0.679. The molecule has 0 spiro atoms. The van der Waals surface area contributed by atoms with E-state index in [1.165, 1.54) is 6.33 Å². The van der Waals surface area contributed by atoms with Crippen molar-refractivity contribution in [2.24, 2.45) is 0 Å². The van der Waals surface area contributed by atoms with E-state index in [2.05, 4.69) is 15.0 Å². The summed E-state index contributed by atoms with van der Waals surface area (Å²) in [6, 6.07) is 7.91. The summed E-state index contributed by atoms with van der Waals surface area (Å²) in [5.74, 6) is 2.41. The van der Waals surface area contributed by atoms with Gasteiger partial charge in [-0.1, -0.05) is 12.1 Å². The molecule has 0 unspecified atom stereocenters. The average Bonchev–Trinajstić information content (AvgIpc) is 3.23. The molecule has 2 aromatic heterocycles. The van der Waals surface area contributed by atoms with Crippen molar-refractivity contribution in [3.63, 3.8) is 0 Å². The predicted octanol–water partition coefficient (Wildman–Crippen LogP) is 3.08. The normalized spacial score (nSPS) is 16.8. The Kier molecular flexibility index (Phi) is 5.32. The fraction of sp³-hybridized carbons (Fsp3) is 0.333. The third kappa shape index (κ3) is 4.03. The van der Waals surface area contributed by atoms with E-state index in [4.69, 9.17) is 9.15 Å². The van der Waals surface area contributed by atoms with E-state index in [1.54, 1.807) is 25.7 Å². The average molecular weight is 378 g/mol. The van der Waals surface area contributed by atoms with Crippen LogP contribution in [0.4, 0.5) is 0 Å². The van der Waals surface area contributed by atoms with Crippen molar-refractivity contribution in [1.82, 2.24) is 19.9 Å². The number of carbonyl (C=O) groups excluding carboxylic acids is 1. The zero-order valence-electron chi connectivity index (χ0n) is 15.7. The second-order valence-electron chi connectivity index (χ2n) is 6.91. The van der Waals surface area contributed by atoms with Crippen molar-refractivity contribution in [3.05, 3.63) is 72.0 Å². The van der Waals surface area contributed by atoms with Gasteiger partial charge in [0.25, 0.3) is 5.91 Å². The molecule has 1 aromatic carbocycles. The smallest absolute Gasteiger partial charge is 0.257 e. The summed E-state index contributed by atoms with van der Waals surface area (Å²) >= 11 is 0. The SMILES string of the molecule is COc1ccc(Cc2cnc([C@@H]3CCCN(C(=O)c4cncnc4)C3)o2)cc1. The third-order valence-corrected chi connectivity index (χ3v) is 4.97. The Morgan fingerprint density at radius 2 is 2.00 bits per heavy atom. The van der Waals surface area contributed by atoms with Crippen LogP contribution in [0.1, 0.15) is 46.3 Å². The van der Waals surface area contributed by atoms with E-state index >= 15 is 0 Å². The van der Waals surface area contributed by atoms with Gasteiger partial charge in [-0.25, -0.2) is 15.0 Å². The number of oxazole rings is 1. The van der Waals surface area contributed by atoms with Gasteiger partial charge in [-0.15, -0.1) is 0 Å². The molecule has 7 heteroatoms. The molecule has 3 heterocycles. The Labute approximate surface area is 163 Å². The fourth-order valence-corrected chi connectivity index (χ4v) is 3.49. The van der Waals surface area contributed by atoms with Crippen molar-refractivity contribution in [2.45, 2.75) is 25.2 Å². The van der Waals surface area contributed by atoms with Gasteiger partial charge in [0.05, 0.1) is 24.8 Å². The molecule has 0 radical (unpaired) electrons. The molecule has 0 saturated carbocycles. The van der Waals surface area contributed by atoms with Crippen molar-refractivity contribution >= 4 is 5.91 Å². The molecule has 1 saturated heterocycles. The summed E-state index contributed by atoms with van der Waals surface area (Å²) in [5, 5.41) is 0. The molecule has 3 aromatic rings. The van der Waals surface area contributed by atoms with E-state index in [-0.39, 0.29) is 11.8 Å². The van der Waals surface area contributed by atoms with E-state index in [1.807, 2.05) is 29.2 Å². The van der Waals surface area contributed by atoms with E-state index < -0.39 is 0 Å². The number of piperidine rings is 1. The lowest BCUT2D eigenvalue weighted by Crippen LogP contribution is -2.39. The van der Waals surface area contributed by atoms with Gasteiger partial charge in [-0.2, -0.15) is 0 Å². The van der Waals surface area contributed by atoms with Crippen LogP contribution in [-0.2, 0) is 6.42 Å². The number of hydrogen-bond donors (Lipinski definition) is 0. The van der Waals surface area contributed by atoms with Crippen LogP contribution in [0, 0.1) is 0 Å². The van der Waals surface area contributed by atoms with Gasteiger partial charge in [-0.3, -0.25) is 4.79 Å². The predicted molar refractivity (Wildman–Crippen MR) is 102 cm³/mol. The van der Waals surface area contributed by atoms with E-state index in [9.17, 15) is 4.79 Å². The summed E-state index contributed by atoms with van der Waals surface area (Å²) in [6.07, 6.45) is 8.86. The summed E-state index contributed by atoms with van der Waals surface area (Å²) in [7, 11) is 1.65. The highest BCUT2D eigenvalue weighted by Gasteiger charge is 2.28. The maximum atomic E-state index is 12.7. The Hall–Kier alpha value is -3.22. The standard InChI is InChI=1S/C21H22N4O3/c1-27-18-6-4-15(5-7-18)9-19-12-24-20(28-19)16-3-2-8-25(13-16)21(26)17-10-22-14-23-11-17/h4-7,10-12,14,16H,2-3,8-9,13H2,1H3/t16-/m1/s1. The topological polar surface area (TPSA) is 81.4 Å². The Morgan fingerprint density at radius 1 is 1.21 bits per heavy atom. The maximum Gasteiger partial charge on any atom is 0.257 e. The highest BCUT2D eigenvalue weighted by atomic mass is 16.5. The minimum Gasteiger partial charge on any atom is -0.497 e. The lowest BCUT2D eigenvalue weighted by atomic mass is 9.97. The summed E-state index contributed by atoms with van der Waals surface area (Å²) in [5.41, 5.74) is 1.64. The van der Waals surface area contributed by atoms with Crippen LogP contribution < -0.4 is 4.74 Å². The van der Waals surface area contributed by atoms with Crippen molar-refractivity contribution < 1.29 is 13.9 Å². The van der Waals surface area contributed by atoms with Crippen LogP contribution in [0.15, 0.2) is 53.6 Å². The van der Waals surface area contributed by atoms with Gasteiger partial charge in [0.2, 0.25) is 0 Å². The molecule has 1 aliphatic heterocycles. The molecule has 0 aliphatic carbocycles. The first-order chi connectivity index (χ1) is 13.7. The number of hydrogen-bond acceptors (Lipinski definition) is 6. The maximum absolute atomic E-state index is 12.7. The molecule has 28 heavy (non-hydrogen) atoms. The second-order valence-corrected chi connectivity index (χ2v) is 6.91. The van der Waals surface area contributed by atoms with Gasteiger partial charge < -0.3 is 14.1 Å². The van der Waals surface area contributed by atoms with E-state index in [0.717, 1.165) is 36.5 Å². The molecular weight excluding hydrogens is 356 g/mol. The van der Waals surface area contributed by atoms with Crippen molar-refractivity contribution in [2.75, 3.05) is 20.2 Å². The Balaban J connectivity index is 1.42. The second kappa shape index (κ2) is 8.21. The lowest BCUT2D eigenvalue weighted by Gasteiger charge is -2.31. The number of carbonyl (C=O) groups is 1. The first kappa shape index (κ1) is 18.2. The van der Waals surface area contributed by atoms with Crippen LogP contribution in [0.3, 0.4) is 0 Å². The molecule has 4 rings (SSSR count). The van der Waals surface area contributed by atoms with E-state index in [0.29, 0.717) is 24.4 Å². The monoisotopic (exact) mass is 378 g/mol. The number of ether oxygens (including phenoxy) is 1. The molecule has 0 bridgehead atoms. The molecule has 1 amide bonds. The number of rotatable bonds is 5. The van der Waals surface area contributed by atoms with Gasteiger partial charge >= 0.3 is 0 Å². The van der Waals surface area contributed by atoms with Gasteiger partial charge in [-0.05, 0) is 30.5 Å². The van der Waals surface area contributed by atoms with Crippen LogP contribution in [0.25, 0.3) is 0 Å². The Bertz CT molecular complexity index is 924. The number of aromatic nitrogens is 3. The molecule has 1 atom stereocenters. The van der Waals surface area contributed by atoms with Crippen LogP contribution in [0.2, 0.25) is 0 Å². The highest BCUT2D eigenvalue weighted by molar-refractivity contribution is 5.93. The first-order valence-electron chi connectivity index (χ1n) is 9.35. The summed E-state index contributed by atoms with van der Waals surface area (Å²) in [6.45, 7) is 1.32. The minimum absolute atomic E-state index is 0.0460. The number of likely N-dealkylation sites (tertiary alicyclic amines) is 1. The molecule has 1 fully saturated rings. The summed E-state index contributed by atoms with van der Waals surface area (Å²) in [4.78, 5) is 26.8. The van der Waals surface area contributed by atoms with Crippen molar-refractivity contribution in [3.8, 4) is 5.75 Å². The van der Waals surface area contributed by atoms with Crippen molar-refractivity contribution in [1.29, 1.82) is 0 Å². The third-order valence-electron chi connectivity index (χ3n) is 4.97. The number of nitrogens with zero attached hydrogens (tertiary/aromatic N) is 4. The van der Waals surface area contributed by atoms with Crippen LogP contribution in [0.5, 0.6) is 5.75 Å². The Morgan fingerprint density at radius 3 is 2.75 bits per heavy atom. The molecule has 7 nitrogen and oxygen atoms in total. The molecule has 1 aliphatic rings. The fourth-order valence-electron chi connectivity index (χ4n) is 3.49. The summed E-state index contributed by atoms with van der Waals surface area (Å²) < 4.78 is 11.2. The molecule has 0 N–H and O–H groups in total. The van der Waals surface area contributed by atoms with Gasteiger partial charge in [0, 0.05) is 31.9 Å². The van der Waals surface area contributed by atoms with Crippen LogP contribution in [-0.4, -0.2) is 46.0 Å². The zero-order valence-corrected chi connectivity index (χ0v) is 15.7. The lowest BCUT2D eigenvalue weighted by molar-refractivity contribution is 0.0697. The zero-order chi connectivity index (χ0) is 19.3. The first-order valence-corrected chi connectivity index (χ1v) is 9.35.